The molecule has 0 bridgehead atoms. The van der Waals surface area contributed by atoms with Crippen LogP contribution in [0.2, 0.25) is 0 Å². The van der Waals surface area contributed by atoms with E-state index in [-0.39, 0.29) is 22.3 Å². The molecule has 3 rings (SSSR count). The van der Waals surface area contributed by atoms with Crippen LogP contribution in [0.15, 0.2) is 47.4 Å². The maximum absolute atomic E-state index is 14.3. The topological polar surface area (TPSA) is 66.5 Å². The summed E-state index contributed by atoms with van der Waals surface area (Å²) in [4.78, 5) is 12.5. The summed E-state index contributed by atoms with van der Waals surface area (Å²) in [6, 6.07) is 10.5. The second-order valence-corrected chi connectivity index (χ2v) is 9.67. The third-order valence-corrected chi connectivity index (χ3v) is 6.76. The monoisotopic (exact) mass is 404 g/mol. The van der Waals surface area contributed by atoms with Crippen molar-refractivity contribution in [2.75, 3.05) is 18.4 Å². The molecule has 2 atom stereocenters. The van der Waals surface area contributed by atoms with Gasteiger partial charge in [0, 0.05) is 18.8 Å². The average Bonchev–Trinajstić information content (AvgIpc) is 2.61. The number of anilines is 1. The number of aryl methyl sites for hydroxylation is 1. The van der Waals surface area contributed by atoms with Gasteiger partial charge in [0.2, 0.25) is 10.0 Å². The fraction of sp³-hybridized carbons (Fsp3) is 0.381. The van der Waals surface area contributed by atoms with Crippen molar-refractivity contribution < 1.29 is 17.6 Å². The van der Waals surface area contributed by atoms with E-state index in [1.165, 1.54) is 10.4 Å². The van der Waals surface area contributed by atoms with Crippen LogP contribution in [0, 0.1) is 24.6 Å². The molecule has 1 amide bonds. The zero-order valence-electron chi connectivity index (χ0n) is 16.3. The van der Waals surface area contributed by atoms with E-state index in [0.717, 1.165) is 24.1 Å². The van der Waals surface area contributed by atoms with Gasteiger partial charge in [-0.3, -0.25) is 4.79 Å². The first-order valence-electron chi connectivity index (χ1n) is 9.34. The van der Waals surface area contributed by atoms with E-state index in [2.05, 4.69) is 5.32 Å². The lowest BCUT2D eigenvalue weighted by Gasteiger charge is -2.34. The van der Waals surface area contributed by atoms with Crippen LogP contribution in [0.4, 0.5) is 10.1 Å². The van der Waals surface area contributed by atoms with E-state index >= 15 is 0 Å². The van der Waals surface area contributed by atoms with Gasteiger partial charge in [0.25, 0.3) is 5.91 Å². The van der Waals surface area contributed by atoms with Gasteiger partial charge in [0.1, 0.15) is 5.82 Å². The van der Waals surface area contributed by atoms with Crippen LogP contribution in [-0.2, 0) is 10.0 Å². The summed E-state index contributed by atoms with van der Waals surface area (Å²) in [5.41, 5.74) is 1.18. The molecule has 0 aliphatic carbocycles. The molecule has 1 aliphatic heterocycles. The minimum Gasteiger partial charge on any atom is -0.322 e. The molecule has 150 valence electrons. The molecule has 0 spiro atoms. The molecule has 28 heavy (non-hydrogen) atoms. The minimum absolute atomic E-state index is 0.0652. The van der Waals surface area contributed by atoms with Crippen molar-refractivity contribution in [3.05, 3.63) is 59.4 Å². The molecule has 1 fully saturated rings. The standard InChI is InChI=1S/C21H25FN2O3S/c1-14-5-4-6-17(10-14)23-21(25)19-11-18(7-8-20(19)22)28(26,27)24-12-15(2)9-16(3)13-24/h4-8,10-11,15-16H,9,12-13H2,1-3H3,(H,23,25). The van der Waals surface area contributed by atoms with Crippen LogP contribution < -0.4 is 5.32 Å². The first-order valence-corrected chi connectivity index (χ1v) is 10.8. The number of nitrogens with zero attached hydrogens (tertiary/aromatic N) is 1. The number of carbonyl (C=O) groups excluding carboxylic acids is 1. The number of sulfonamides is 1. The Hall–Kier alpha value is -2.25. The molecular formula is C21H25FN2O3S. The maximum atomic E-state index is 14.3. The van der Waals surface area contributed by atoms with Crippen molar-refractivity contribution in [1.82, 2.24) is 4.31 Å². The third-order valence-electron chi connectivity index (χ3n) is 4.93. The molecule has 0 radical (unpaired) electrons. The third kappa shape index (κ3) is 4.42. The molecule has 1 N–H and O–H groups in total. The summed E-state index contributed by atoms with van der Waals surface area (Å²) in [6.45, 7) is 6.76. The Morgan fingerprint density at radius 3 is 2.43 bits per heavy atom. The number of rotatable bonds is 4. The van der Waals surface area contributed by atoms with Gasteiger partial charge in [-0.15, -0.1) is 0 Å². The second kappa shape index (κ2) is 8.01. The highest BCUT2D eigenvalue weighted by atomic mass is 32.2. The van der Waals surface area contributed by atoms with Crippen LogP contribution in [0.25, 0.3) is 0 Å². The second-order valence-electron chi connectivity index (χ2n) is 7.73. The van der Waals surface area contributed by atoms with Gasteiger partial charge in [0.05, 0.1) is 10.5 Å². The number of benzene rings is 2. The number of halogens is 1. The van der Waals surface area contributed by atoms with E-state index in [1.807, 2.05) is 26.8 Å². The summed E-state index contributed by atoms with van der Waals surface area (Å²) >= 11 is 0. The lowest BCUT2D eigenvalue weighted by molar-refractivity contribution is 0.102. The Morgan fingerprint density at radius 1 is 1.11 bits per heavy atom. The quantitative estimate of drug-likeness (QED) is 0.836. The summed E-state index contributed by atoms with van der Waals surface area (Å²) in [7, 11) is -3.79. The number of hydrogen-bond acceptors (Lipinski definition) is 3. The van der Waals surface area contributed by atoms with Crippen LogP contribution in [0.5, 0.6) is 0 Å². The molecular weight excluding hydrogens is 379 g/mol. The maximum Gasteiger partial charge on any atom is 0.258 e. The van der Waals surface area contributed by atoms with Gasteiger partial charge in [-0.1, -0.05) is 26.0 Å². The van der Waals surface area contributed by atoms with Crippen molar-refractivity contribution in [3.8, 4) is 0 Å². The number of nitrogens with one attached hydrogen (secondary N) is 1. The molecule has 7 heteroatoms. The zero-order valence-corrected chi connectivity index (χ0v) is 17.1. The first-order chi connectivity index (χ1) is 13.2. The fourth-order valence-electron chi connectivity index (χ4n) is 3.71. The summed E-state index contributed by atoms with van der Waals surface area (Å²) < 4.78 is 41.8. The molecule has 2 unspecified atom stereocenters. The van der Waals surface area contributed by atoms with Crippen molar-refractivity contribution in [2.24, 2.45) is 11.8 Å². The Balaban J connectivity index is 1.89. The van der Waals surface area contributed by atoms with Crippen LogP contribution >= 0.6 is 0 Å². The number of hydrogen-bond donors (Lipinski definition) is 1. The summed E-state index contributed by atoms with van der Waals surface area (Å²) in [6.07, 6.45) is 0.972. The molecule has 0 aromatic heterocycles. The van der Waals surface area contributed by atoms with Crippen LogP contribution in [-0.4, -0.2) is 31.7 Å². The molecule has 5 nitrogen and oxygen atoms in total. The highest BCUT2D eigenvalue weighted by Crippen LogP contribution is 2.27. The normalized spacial score (nSPS) is 20.7. The van der Waals surface area contributed by atoms with Crippen LogP contribution in [0.1, 0.15) is 36.2 Å². The van der Waals surface area contributed by atoms with Gasteiger partial charge < -0.3 is 5.32 Å². The molecule has 1 saturated heterocycles. The van der Waals surface area contributed by atoms with Crippen molar-refractivity contribution in [2.45, 2.75) is 32.1 Å². The Kier molecular flexibility index (Phi) is 5.86. The van der Waals surface area contributed by atoms with Gasteiger partial charge in [0.15, 0.2) is 0 Å². The first kappa shape index (κ1) is 20.5. The number of piperidine rings is 1. The Bertz CT molecular complexity index is 981. The van der Waals surface area contributed by atoms with E-state index < -0.39 is 21.7 Å². The Morgan fingerprint density at radius 2 is 1.79 bits per heavy atom. The predicted octanol–water partition coefficient (Wildman–Crippen LogP) is 4.05. The number of carbonyl (C=O) groups is 1. The van der Waals surface area contributed by atoms with Crippen LogP contribution in [0.3, 0.4) is 0 Å². The SMILES string of the molecule is Cc1cccc(NC(=O)c2cc(S(=O)(=O)N3CC(C)CC(C)C3)ccc2F)c1. The highest BCUT2D eigenvalue weighted by Gasteiger charge is 2.32. The smallest absolute Gasteiger partial charge is 0.258 e. The lowest BCUT2D eigenvalue weighted by Crippen LogP contribution is -2.42. The van der Waals surface area contributed by atoms with Gasteiger partial charge in [-0.2, -0.15) is 4.31 Å². The summed E-state index contributed by atoms with van der Waals surface area (Å²) in [5, 5.41) is 2.62. The van der Waals surface area contributed by atoms with E-state index in [9.17, 15) is 17.6 Å². The molecule has 1 heterocycles. The van der Waals surface area contributed by atoms with Crippen molar-refractivity contribution in [3.63, 3.8) is 0 Å². The molecule has 1 aliphatic rings. The highest BCUT2D eigenvalue weighted by molar-refractivity contribution is 7.89. The molecule has 2 aromatic rings. The van der Waals surface area contributed by atoms with Crippen molar-refractivity contribution in [1.29, 1.82) is 0 Å². The van der Waals surface area contributed by atoms with E-state index in [1.54, 1.807) is 18.2 Å². The van der Waals surface area contributed by atoms with Gasteiger partial charge in [-0.05, 0) is 61.1 Å². The molecule has 0 saturated carbocycles. The average molecular weight is 405 g/mol. The number of amides is 1. The zero-order chi connectivity index (χ0) is 20.5. The van der Waals surface area contributed by atoms with Gasteiger partial charge in [-0.25, -0.2) is 12.8 Å². The predicted molar refractivity (Wildman–Crippen MR) is 107 cm³/mol. The van der Waals surface area contributed by atoms with Gasteiger partial charge >= 0.3 is 0 Å². The Labute approximate surface area is 165 Å². The summed E-state index contributed by atoms with van der Waals surface area (Å²) in [5.74, 6) is -0.934. The molecule has 2 aromatic carbocycles. The fourth-order valence-corrected chi connectivity index (χ4v) is 5.42. The minimum atomic E-state index is -3.79. The van der Waals surface area contributed by atoms with E-state index in [4.69, 9.17) is 0 Å². The van der Waals surface area contributed by atoms with Crippen molar-refractivity contribution >= 4 is 21.6 Å². The lowest BCUT2D eigenvalue weighted by atomic mass is 9.94. The van der Waals surface area contributed by atoms with E-state index in [0.29, 0.717) is 18.8 Å². The largest absolute Gasteiger partial charge is 0.322 e.